The number of fused-ring (bicyclic) bond motifs is 1. The van der Waals surface area contributed by atoms with Crippen LogP contribution in [0.15, 0.2) is 66.7 Å². The Morgan fingerprint density at radius 2 is 1.71 bits per heavy atom. The number of hydrogen-bond donors (Lipinski definition) is 2. The molecule has 0 saturated carbocycles. The van der Waals surface area contributed by atoms with Crippen molar-refractivity contribution in [3.8, 4) is 0 Å². The number of amides is 1. The van der Waals surface area contributed by atoms with Gasteiger partial charge in [0.1, 0.15) is 0 Å². The number of halogens is 1. The van der Waals surface area contributed by atoms with Gasteiger partial charge in [0.15, 0.2) is 0 Å². The maximum Gasteiger partial charge on any atom is 0.270 e. The minimum absolute atomic E-state index is 0.0738. The Kier molecular flexibility index (Phi) is 6.53. The molecule has 7 nitrogen and oxygen atoms in total. The van der Waals surface area contributed by atoms with Gasteiger partial charge in [-0.3, -0.25) is 19.8 Å². The zero-order valence-corrected chi connectivity index (χ0v) is 19.8. The molecule has 1 saturated heterocycles. The molecule has 2 aliphatic heterocycles. The van der Waals surface area contributed by atoms with Crippen LogP contribution in [0.5, 0.6) is 0 Å². The summed E-state index contributed by atoms with van der Waals surface area (Å²) >= 11 is 6.10. The van der Waals surface area contributed by atoms with E-state index in [1.807, 2.05) is 24.3 Å². The Hall–Kier alpha value is -3.68. The van der Waals surface area contributed by atoms with Gasteiger partial charge in [0.2, 0.25) is 0 Å². The summed E-state index contributed by atoms with van der Waals surface area (Å²) in [5.41, 5.74) is 4.66. The van der Waals surface area contributed by atoms with Crippen molar-refractivity contribution >= 4 is 45.8 Å². The first kappa shape index (κ1) is 23.1. The lowest BCUT2D eigenvalue weighted by Gasteiger charge is -2.26. The lowest BCUT2D eigenvalue weighted by atomic mass is 9.99. The SMILES string of the molecule is O=C1Nc2ccc([N+](=O)[O-])cc2/C1=C(/Nc1ccc(CN2CCCCC2)cc1)c1ccc(Cl)cc1. The Morgan fingerprint density at radius 1 is 1.00 bits per heavy atom. The van der Waals surface area contributed by atoms with Crippen LogP contribution in [0.2, 0.25) is 5.02 Å². The normalized spacial score (nSPS) is 17.0. The molecule has 2 N–H and O–H groups in total. The van der Waals surface area contributed by atoms with Gasteiger partial charge < -0.3 is 10.6 Å². The third kappa shape index (κ3) is 5.06. The highest BCUT2D eigenvalue weighted by atomic mass is 35.5. The number of nitro groups is 1. The lowest BCUT2D eigenvalue weighted by Crippen LogP contribution is -2.29. The molecule has 2 aliphatic rings. The molecule has 3 aromatic carbocycles. The molecule has 0 atom stereocenters. The van der Waals surface area contributed by atoms with Crippen LogP contribution in [0.4, 0.5) is 17.1 Å². The van der Waals surface area contributed by atoms with Crippen LogP contribution in [-0.4, -0.2) is 28.8 Å². The summed E-state index contributed by atoms with van der Waals surface area (Å²) in [6.07, 6.45) is 3.81. The Balaban J connectivity index is 1.51. The molecule has 0 unspecified atom stereocenters. The number of nitro benzene ring substituents is 1. The predicted octanol–water partition coefficient (Wildman–Crippen LogP) is 6.17. The molecule has 2 heterocycles. The van der Waals surface area contributed by atoms with Crippen molar-refractivity contribution in [3.63, 3.8) is 0 Å². The fourth-order valence-electron chi connectivity index (χ4n) is 4.63. The molecule has 0 radical (unpaired) electrons. The Labute approximate surface area is 208 Å². The first-order valence-corrected chi connectivity index (χ1v) is 12.0. The van der Waals surface area contributed by atoms with Crippen LogP contribution >= 0.6 is 11.6 Å². The average Bonchev–Trinajstić information content (AvgIpc) is 3.19. The molecule has 0 aliphatic carbocycles. The monoisotopic (exact) mass is 488 g/mol. The molecule has 1 amide bonds. The van der Waals surface area contributed by atoms with Crippen molar-refractivity contribution < 1.29 is 9.72 Å². The van der Waals surface area contributed by atoms with E-state index >= 15 is 0 Å². The lowest BCUT2D eigenvalue weighted by molar-refractivity contribution is -0.384. The average molecular weight is 489 g/mol. The number of carbonyl (C=O) groups is 1. The van der Waals surface area contributed by atoms with E-state index in [0.717, 1.165) is 30.9 Å². The highest BCUT2D eigenvalue weighted by molar-refractivity contribution is 6.37. The molecule has 8 heteroatoms. The fourth-order valence-corrected chi connectivity index (χ4v) is 4.75. The number of non-ortho nitro benzene ring substituents is 1. The maximum atomic E-state index is 13.0. The Morgan fingerprint density at radius 3 is 2.40 bits per heavy atom. The number of nitrogens with one attached hydrogen (secondary N) is 2. The minimum Gasteiger partial charge on any atom is -0.354 e. The van der Waals surface area contributed by atoms with Gasteiger partial charge in [0, 0.05) is 40.6 Å². The van der Waals surface area contributed by atoms with Crippen molar-refractivity contribution in [1.82, 2.24) is 4.90 Å². The van der Waals surface area contributed by atoms with Gasteiger partial charge in [-0.05, 0) is 67.4 Å². The standard InChI is InChI=1S/C27H25ClN4O3/c28-20-8-6-19(7-9-20)26(25-23-16-22(32(34)35)12-13-24(23)30-27(25)33)29-21-10-4-18(5-11-21)17-31-14-2-1-3-15-31/h4-13,16,29H,1-3,14-15,17H2,(H,30,33)/b26-25-. The van der Waals surface area contributed by atoms with Crippen molar-refractivity contribution in [3.05, 3.63) is 98.6 Å². The van der Waals surface area contributed by atoms with E-state index in [9.17, 15) is 14.9 Å². The smallest absolute Gasteiger partial charge is 0.270 e. The van der Waals surface area contributed by atoms with Gasteiger partial charge in [-0.15, -0.1) is 0 Å². The van der Waals surface area contributed by atoms with E-state index in [1.54, 1.807) is 18.2 Å². The van der Waals surface area contributed by atoms with Crippen LogP contribution in [-0.2, 0) is 11.3 Å². The van der Waals surface area contributed by atoms with E-state index < -0.39 is 4.92 Å². The summed E-state index contributed by atoms with van der Waals surface area (Å²) in [5.74, 6) is -0.320. The van der Waals surface area contributed by atoms with Gasteiger partial charge in [-0.25, -0.2) is 0 Å². The van der Waals surface area contributed by atoms with Gasteiger partial charge in [-0.2, -0.15) is 0 Å². The fraction of sp³-hybridized carbons (Fsp3) is 0.222. The summed E-state index contributed by atoms with van der Waals surface area (Å²) in [6, 6.07) is 19.7. The second-order valence-corrected chi connectivity index (χ2v) is 9.29. The van der Waals surface area contributed by atoms with E-state index in [-0.39, 0.29) is 11.6 Å². The number of nitrogens with zero attached hydrogens (tertiary/aromatic N) is 2. The third-order valence-corrected chi connectivity index (χ3v) is 6.67. The first-order valence-electron chi connectivity index (χ1n) is 11.7. The number of hydrogen-bond acceptors (Lipinski definition) is 5. The second kappa shape index (κ2) is 9.90. The quantitative estimate of drug-likeness (QED) is 0.246. The number of likely N-dealkylation sites (tertiary alicyclic amines) is 1. The third-order valence-electron chi connectivity index (χ3n) is 6.42. The molecule has 1 fully saturated rings. The van der Waals surface area contributed by atoms with Crippen LogP contribution in [0, 0.1) is 10.1 Å². The van der Waals surface area contributed by atoms with E-state index in [4.69, 9.17) is 11.6 Å². The number of anilines is 2. The van der Waals surface area contributed by atoms with Gasteiger partial charge in [-0.1, -0.05) is 42.3 Å². The largest absolute Gasteiger partial charge is 0.354 e. The summed E-state index contributed by atoms with van der Waals surface area (Å²) < 4.78 is 0. The second-order valence-electron chi connectivity index (χ2n) is 8.86. The molecule has 5 rings (SSSR count). The number of carbonyl (C=O) groups excluding carboxylic acids is 1. The van der Waals surface area contributed by atoms with Crippen molar-refractivity contribution in [2.75, 3.05) is 23.7 Å². The molecule has 0 aromatic heterocycles. The van der Waals surface area contributed by atoms with Crippen molar-refractivity contribution in [2.24, 2.45) is 0 Å². The maximum absolute atomic E-state index is 13.0. The molecular weight excluding hydrogens is 464 g/mol. The van der Waals surface area contributed by atoms with Crippen molar-refractivity contribution in [1.29, 1.82) is 0 Å². The van der Waals surface area contributed by atoms with Gasteiger partial charge in [0.05, 0.1) is 16.2 Å². The van der Waals surface area contributed by atoms with Crippen LogP contribution in [0.1, 0.15) is 36.0 Å². The number of rotatable bonds is 6. The summed E-state index contributed by atoms with van der Waals surface area (Å²) in [4.78, 5) is 26.4. The van der Waals surface area contributed by atoms with Crippen LogP contribution in [0.3, 0.4) is 0 Å². The minimum atomic E-state index is -0.461. The molecular formula is C27H25ClN4O3. The number of piperidine rings is 1. The van der Waals surface area contributed by atoms with E-state index in [0.29, 0.717) is 27.5 Å². The number of benzene rings is 3. The zero-order valence-electron chi connectivity index (χ0n) is 19.1. The highest BCUT2D eigenvalue weighted by Crippen LogP contribution is 2.39. The zero-order chi connectivity index (χ0) is 24.4. The van der Waals surface area contributed by atoms with Crippen molar-refractivity contribution in [2.45, 2.75) is 25.8 Å². The van der Waals surface area contributed by atoms with Gasteiger partial charge in [0.25, 0.3) is 11.6 Å². The van der Waals surface area contributed by atoms with E-state index in [1.165, 1.54) is 37.0 Å². The summed E-state index contributed by atoms with van der Waals surface area (Å²) in [6.45, 7) is 3.19. The molecule has 178 valence electrons. The predicted molar refractivity (Wildman–Crippen MR) is 139 cm³/mol. The summed E-state index contributed by atoms with van der Waals surface area (Å²) in [7, 11) is 0. The molecule has 0 bridgehead atoms. The van der Waals surface area contributed by atoms with E-state index in [2.05, 4.69) is 27.7 Å². The van der Waals surface area contributed by atoms with Crippen LogP contribution in [0.25, 0.3) is 11.3 Å². The molecule has 35 heavy (non-hydrogen) atoms. The summed E-state index contributed by atoms with van der Waals surface area (Å²) in [5, 5.41) is 18.2. The first-order chi connectivity index (χ1) is 17.0. The Bertz CT molecular complexity index is 1300. The molecule has 0 spiro atoms. The van der Waals surface area contributed by atoms with Crippen LogP contribution < -0.4 is 10.6 Å². The topological polar surface area (TPSA) is 87.5 Å². The van der Waals surface area contributed by atoms with Gasteiger partial charge >= 0.3 is 0 Å². The molecule has 3 aromatic rings. The highest BCUT2D eigenvalue weighted by Gasteiger charge is 2.30.